The molecule has 1 atom stereocenters. The predicted molar refractivity (Wildman–Crippen MR) is 136 cm³/mol. The van der Waals surface area contributed by atoms with Gasteiger partial charge in [0.25, 0.3) is 5.91 Å². The summed E-state index contributed by atoms with van der Waals surface area (Å²) in [4.78, 5) is 27.1. The zero-order chi connectivity index (χ0) is 25.6. The Kier molecular flexibility index (Phi) is 9.11. The number of nitrogens with zero attached hydrogens (tertiary/aromatic N) is 1. The minimum absolute atomic E-state index is 0.0492. The van der Waals surface area contributed by atoms with Crippen LogP contribution >= 0.6 is 12.2 Å². The van der Waals surface area contributed by atoms with E-state index in [1.807, 2.05) is 6.92 Å². The Balaban J connectivity index is 1.60. The molecule has 0 radical (unpaired) electrons. The summed E-state index contributed by atoms with van der Waals surface area (Å²) in [6.07, 6.45) is 3.38. The summed E-state index contributed by atoms with van der Waals surface area (Å²) in [7, 11) is 0. The molecule has 0 aliphatic carbocycles. The Morgan fingerprint density at radius 1 is 1.06 bits per heavy atom. The molecule has 0 spiro atoms. The van der Waals surface area contributed by atoms with Gasteiger partial charge in [0.05, 0.1) is 6.61 Å². The van der Waals surface area contributed by atoms with Gasteiger partial charge in [0.1, 0.15) is 17.7 Å². The molecule has 0 saturated carbocycles. The van der Waals surface area contributed by atoms with Crippen molar-refractivity contribution in [2.24, 2.45) is 5.41 Å². The molecule has 1 saturated heterocycles. The molecule has 3 rings (SSSR count). The number of hydrogen-bond donors (Lipinski definition) is 0. The van der Waals surface area contributed by atoms with Gasteiger partial charge in [-0.25, -0.2) is 8.78 Å². The van der Waals surface area contributed by atoms with Gasteiger partial charge in [0.15, 0.2) is 5.05 Å². The lowest BCUT2D eigenvalue weighted by Crippen LogP contribution is -2.47. The van der Waals surface area contributed by atoms with Crippen LogP contribution in [0.4, 0.5) is 8.78 Å². The van der Waals surface area contributed by atoms with Crippen LogP contribution in [0.15, 0.2) is 48.5 Å². The number of amides is 1. The quantitative estimate of drug-likeness (QED) is 0.220. The van der Waals surface area contributed by atoms with E-state index in [4.69, 9.17) is 17.0 Å². The van der Waals surface area contributed by atoms with Gasteiger partial charge in [-0.15, -0.1) is 0 Å². The van der Waals surface area contributed by atoms with Crippen molar-refractivity contribution in [1.82, 2.24) is 4.90 Å². The van der Waals surface area contributed by atoms with Crippen LogP contribution in [-0.4, -0.2) is 40.8 Å². The standard InChI is InChI=1S/C28H33F2NO3S/c1-4-28(2,3)25(32)26(33)31-17-5-8-24(31)27(35)34-18-6-7-23(19-9-13-21(29)14-10-19)20-11-15-22(30)16-12-20/h9-16,23-24H,4-8,17-18H2,1-3H3. The molecule has 1 aliphatic rings. The first-order valence-corrected chi connectivity index (χ1v) is 12.6. The minimum atomic E-state index is -0.706. The molecule has 1 heterocycles. The average molecular weight is 502 g/mol. The highest BCUT2D eigenvalue weighted by Gasteiger charge is 2.40. The number of thiocarbonyl (C=S) groups is 1. The zero-order valence-electron chi connectivity index (χ0n) is 20.6. The van der Waals surface area contributed by atoms with Crippen LogP contribution < -0.4 is 0 Å². The van der Waals surface area contributed by atoms with Gasteiger partial charge in [0, 0.05) is 17.9 Å². The summed E-state index contributed by atoms with van der Waals surface area (Å²) in [5.74, 6) is -1.55. The lowest BCUT2D eigenvalue weighted by atomic mass is 9.84. The molecule has 4 nitrogen and oxygen atoms in total. The van der Waals surface area contributed by atoms with E-state index >= 15 is 0 Å². The predicted octanol–water partition coefficient (Wildman–Crippen LogP) is 6.22. The maximum Gasteiger partial charge on any atom is 0.291 e. The number of hydrogen-bond acceptors (Lipinski definition) is 4. The van der Waals surface area contributed by atoms with Crippen molar-refractivity contribution in [2.75, 3.05) is 13.2 Å². The van der Waals surface area contributed by atoms with E-state index in [1.165, 1.54) is 24.3 Å². The number of halogens is 2. The van der Waals surface area contributed by atoms with Gasteiger partial charge >= 0.3 is 0 Å². The van der Waals surface area contributed by atoms with Crippen LogP contribution in [0.5, 0.6) is 0 Å². The average Bonchev–Trinajstić information content (AvgIpc) is 3.34. The van der Waals surface area contributed by atoms with Gasteiger partial charge in [-0.1, -0.05) is 45.0 Å². The summed E-state index contributed by atoms with van der Waals surface area (Å²) in [6, 6.07) is 12.3. The SMILES string of the molecule is CCC(C)(C)C(=O)C(=O)N1CCCC1C(=S)OCCCC(c1ccc(F)cc1)c1ccc(F)cc1. The summed E-state index contributed by atoms with van der Waals surface area (Å²) in [5, 5.41) is 0.332. The van der Waals surface area contributed by atoms with Crippen molar-refractivity contribution >= 4 is 29.0 Å². The van der Waals surface area contributed by atoms with Crippen LogP contribution in [0, 0.1) is 17.0 Å². The van der Waals surface area contributed by atoms with E-state index in [-0.39, 0.29) is 23.6 Å². The number of benzene rings is 2. The topological polar surface area (TPSA) is 46.6 Å². The molecule has 1 aliphatic heterocycles. The Labute approximate surface area is 211 Å². The summed E-state index contributed by atoms with van der Waals surface area (Å²) in [6.45, 7) is 6.31. The van der Waals surface area contributed by atoms with E-state index in [1.54, 1.807) is 43.0 Å². The molecule has 2 aromatic carbocycles. The molecule has 0 N–H and O–H groups in total. The summed E-state index contributed by atoms with van der Waals surface area (Å²) >= 11 is 5.50. The molecular weight excluding hydrogens is 468 g/mol. The minimum Gasteiger partial charge on any atom is -0.485 e. The molecule has 188 valence electrons. The monoisotopic (exact) mass is 501 g/mol. The smallest absolute Gasteiger partial charge is 0.291 e. The summed E-state index contributed by atoms with van der Waals surface area (Å²) in [5.41, 5.74) is 1.16. The second-order valence-corrected chi connectivity index (χ2v) is 10.1. The van der Waals surface area contributed by atoms with Crippen molar-refractivity contribution < 1.29 is 23.1 Å². The van der Waals surface area contributed by atoms with E-state index in [0.717, 1.165) is 17.5 Å². The van der Waals surface area contributed by atoms with Crippen LogP contribution in [0.2, 0.25) is 0 Å². The van der Waals surface area contributed by atoms with Crippen LogP contribution in [-0.2, 0) is 14.3 Å². The van der Waals surface area contributed by atoms with E-state index in [2.05, 4.69) is 0 Å². The van der Waals surface area contributed by atoms with Crippen molar-refractivity contribution in [3.8, 4) is 0 Å². The maximum atomic E-state index is 13.4. The number of carbonyl (C=O) groups is 2. The molecule has 2 aromatic rings. The molecular formula is C28H33F2NO3S. The lowest BCUT2D eigenvalue weighted by Gasteiger charge is -2.28. The second-order valence-electron chi connectivity index (χ2n) is 9.69. The Hall–Kier alpha value is -2.67. The van der Waals surface area contributed by atoms with Crippen molar-refractivity contribution in [1.29, 1.82) is 0 Å². The number of Topliss-reactive ketones (excluding diaryl/α,β-unsaturated/α-hetero) is 1. The largest absolute Gasteiger partial charge is 0.485 e. The van der Waals surface area contributed by atoms with Gasteiger partial charge in [0.2, 0.25) is 5.78 Å². The number of ether oxygens (including phenoxy) is 1. The molecule has 1 unspecified atom stereocenters. The molecule has 0 aromatic heterocycles. The third-order valence-electron chi connectivity index (χ3n) is 6.90. The van der Waals surface area contributed by atoms with Crippen molar-refractivity contribution in [3.05, 3.63) is 71.3 Å². The number of rotatable bonds is 10. The highest BCUT2D eigenvalue weighted by atomic mass is 32.1. The van der Waals surface area contributed by atoms with Crippen LogP contribution in [0.25, 0.3) is 0 Å². The van der Waals surface area contributed by atoms with Crippen LogP contribution in [0.3, 0.4) is 0 Å². The van der Waals surface area contributed by atoms with E-state index in [0.29, 0.717) is 43.9 Å². The fraction of sp³-hybridized carbons (Fsp3) is 0.464. The third-order valence-corrected chi connectivity index (χ3v) is 7.29. The number of carbonyl (C=O) groups excluding carboxylic acids is 2. The van der Waals surface area contributed by atoms with Gasteiger partial charge in [-0.3, -0.25) is 9.59 Å². The van der Waals surface area contributed by atoms with Crippen LogP contribution in [0.1, 0.15) is 69.9 Å². The Morgan fingerprint density at radius 2 is 1.60 bits per heavy atom. The van der Waals surface area contributed by atoms with E-state index < -0.39 is 17.1 Å². The second kappa shape index (κ2) is 11.8. The highest BCUT2D eigenvalue weighted by Crippen LogP contribution is 2.30. The fourth-order valence-corrected chi connectivity index (χ4v) is 4.64. The molecule has 1 fully saturated rings. The first-order chi connectivity index (χ1) is 16.6. The first kappa shape index (κ1) is 26.9. The van der Waals surface area contributed by atoms with Gasteiger partial charge in [-0.2, -0.15) is 0 Å². The summed E-state index contributed by atoms with van der Waals surface area (Å²) < 4.78 is 32.7. The van der Waals surface area contributed by atoms with Gasteiger partial charge in [-0.05, 0) is 79.7 Å². The van der Waals surface area contributed by atoms with Crippen molar-refractivity contribution in [3.63, 3.8) is 0 Å². The van der Waals surface area contributed by atoms with Gasteiger partial charge < -0.3 is 9.64 Å². The molecule has 35 heavy (non-hydrogen) atoms. The Morgan fingerprint density at radius 3 is 2.11 bits per heavy atom. The molecule has 7 heteroatoms. The lowest BCUT2D eigenvalue weighted by molar-refractivity contribution is -0.149. The maximum absolute atomic E-state index is 13.4. The zero-order valence-corrected chi connectivity index (χ0v) is 21.4. The first-order valence-electron chi connectivity index (χ1n) is 12.2. The fourth-order valence-electron chi connectivity index (χ4n) is 4.31. The molecule has 0 bridgehead atoms. The Bertz CT molecular complexity index is 992. The normalized spacial score (nSPS) is 15.9. The highest BCUT2D eigenvalue weighted by molar-refractivity contribution is 7.80. The van der Waals surface area contributed by atoms with E-state index in [9.17, 15) is 18.4 Å². The number of likely N-dealkylation sites (tertiary alicyclic amines) is 1. The van der Waals surface area contributed by atoms with Crippen molar-refractivity contribution in [2.45, 2.75) is 64.8 Å². The number of ketones is 1. The third kappa shape index (κ3) is 6.72. The molecule has 1 amide bonds.